The SMILES string of the molecule is CCOc1ccc(CNC(=O)c2cccc(OCc3nnnn3C(C)C)c2)cc1. The Labute approximate surface area is 169 Å². The van der Waals surface area contributed by atoms with Crippen LogP contribution in [0.25, 0.3) is 0 Å². The van der Waals surface area contributed by atoms with Crippen molar-refractivity contribution in [3.63, 3.8) is 0 Å². The van der Waals surface area contributed by atoms with E-state index < -0.39 is 0 Å². The van der Waals surface area contributed by atoms with Crippen LogP contribution in [0.15, 0.2) is 48.5 Å². The third kappa shape index (κ3) is 5.54. The summed E-state index contributed by atoms with van der Waals surface area (Å²) < 4.78 is 12.9. The first kappa shape index (κ1) is 20.3. The Balaban J connectivity index is 1.56. The summed E-state index contributed by atoms with van der Waals surface area (Å²) in [6.45, 7) is 7.21. The van der Waals surface area contributed by atoms with Crippen molar-refractivity contribution in [1.82, 2.24) is 25.5 Å². The number of ether oxygens (including phenoxy) is 2. The van der Waals surface area contributed by atoms with E-state index in [9.17, 15) is 4.79 Å². The van der Waals surface area contributed by atoms with Gasteiger partial charge in [0.1, 0.15) is 18.1 Å². The van der Waals surface area contributed by atoms with Crippen molar-refractivity contribution >= 4 is 5.91 Å². The number of hydrogen-bond acceptors (Lipinski definition) is 6. The molecule has 8 heteroatoms. The van der Waals surface area contributed by atoms with Crippen LogP contribution < -0.4 is 14.8 Å². The Morgan fingerprint density at radius 2 is 1.90 bits per heavy atom. The number of nitrogens with one attached hydrogen (secondary N) is 1. The van der Waals surface area contributed by atoms with Gasteiger partial charge in [0.05, 0.1) is 12.6 Å². The van der Waals surface area contributed by atoms with Gasteiger partial charge in [0.15, 0.2) is 5.82 Å². The van der Waals surface area contributed by atoms with E-state index in [1.165, 1.54) is 0 Å². The van der Waals surface area contributed by atoms with E-state index in [-0.39, 0.29) is 18.6 Å². The zero-order valence-corrected chi connectivity index (χ0v) is 16.8. The van der Waals surface area contributed by atoms with Gasteiger partial charge in [-0.15, -0.1) is 5.10 Å². The molecule has 1 N–H and O–H groups in total. The van der Waals surface area contributed by atoms with Crippen LogP contribution in [-0.4, -0.2) is 32.7 Å². The summed E-state index contributed by atoms with van der Waals surface area (Å²) in [6, 6.07) is 14.8. The van der Waals surface area contributed by atoms with Crippen LogP contribution in [0.5, 0.6) is 11.5 Å². The quantitative estimate of drug-likeness (QED) is 0.598. The molecule has 152 valence electrons. The summed E-state index contributed by atoms with van der Waals surface area (Å²) in [5, 5.41) is 14.5. The molecule has 0 radical (unpaired) electrons. The van der Waals surface area contributed by atoms with E-state index in [1.807, 2.05) is 45.0 Å². The first-order chi connectivity index (χ1) is 14.1. The molecule has 1 heterocycles. The molecule has 0 unspecified atom stereocenters. The lowest BCUT2D eigenvalue weighted by Gasteiger charge is -2.10. The minimum absolute atomic E-state index is 0.142. The van der Waals surface area contributed by atoms with Crippen molar-refractivity contribution in [3.8, 4) is 11.5 Å². The molecule has 0 atom stereocenters. The molecule has 0 fully saturated rings. The number of rotatable bonds is 9. The molecular formula is C21H25N5O3. The van der Waals surface area contributed by atoms with Crippen LogP contribution in [-0.2, 0) is 13.2 Å². The number of benzene rings is 2. The van der Waals surface area contributed by atoms with E-state index in [0.29, 0.717) is 30.3 Å². The van der Waals surface area contributed by atoms with E-state index in [4.69, 9.17) is 9.47 Å². The van der Waals surface area contributed by atoms with Gasteiger partial charge in [-0.3, -0.25) is 4.79 Å². The van der Waals surface area contributed by atoms with Gasteiger partial charge in [-0.1, -0.05) is 18.2 Å². The number of carbonyl (C=O) groups is 1. The lowest BCUT2D eigenvalue weighted by atomic mass is 10.2. The molecule has 0 aliphatic rings. The normalized spacial score (nSPS) is 10.8. The van der Waals surface area contributed by atoms with E-state index in [1.54, 1.807) is 28.9 Å². The lowest BCUT2D eigenvalue weighted by molar-refractivity contribution is 0.0950. The largest absolute Gasteiger partial charge is 0.494 e. The smallest absolute Gasteiger partial charge is 0.251 e. The Kier molecular flexibility index (Phi) is 6.78. The minimum atomic E-state index is -0.170. The maximum atomic E-state index is 12.5. The zero-order chi connectivity index (χ0) is 20.6. The fourth-order valence-corrected chi connectivity index (χ4v) is 2.74. The fraction of sp³-hybridized carbons (Fsp3) is 0.333. The highest BCUT2D eigenvalue weighted by molar-refractivity contribution is 5.94. The Morgan fingerprint density at radius 1 is 1.10 bits per heavy atom. The molecule has 0 aliphatic carbocycles. The molecule has 2 aromatic carbocycles. The van der Waals surface area contributed by atoms with Crippen LogP contribution in [0.1, 0.15) is 48.6 Å². The van der Waals surface area contributed by atoms with Gasteiger partial charge in [-0.05, 0) is 67.1 Å². The average molecular weight is 395 g/mol. The van der Waals surface area contributed by atoms with E-state index >= 15 is 0 Å². The van der Waals surface area contributed by atoms with E-state index in [0.717, 1.165) is 11.3 Å². The molecule has 0 spiro atoms. The lowest BCUT2D eigenvalue weighted by Crippen LogP contribution is -2.22. The first-order valence-electron chi connectivity index (χ1n) is 9.56. The molecule has 0 saturated heterocycles. The first-order valence-corrected chi connectivity index (χ1v) is 9.56. The summed E-state index contributed by atoms with van der Waals surface area (Å²) >= 11 is 0. The van der Waals surface area contributed by atoms with Gasteiger partial charge >= 0.3 is 0 Å². The molecule has 29 heavy (non-hydrogen) atoms. The summed E-state index contributed by atoms with van der Waals surface area (Å²) in [5.41, 5.74) is 1.52. The summed E-state index contributed by atoms with van der Waals surface area (Å²) in [4.78, 5) is 12.5. The molecule has 0 aliphatic heterocycles. The molecular weight excluding hydrogens is 370 g/mol. The molecule has 1 aromatic heterocycles. The van der Waals surface area contributed by atoms with Gasteiger partial charge in [-0.2, -0.15) is 0 Å². The molecule has 1 amide bonds. The van der Waals surface area contributed by atoms with Crippen LogP contribution in [0.2, 0.25) is 0 Å². The third-order valence-electron chi connectivity index (χ3n) is 4.20. The molecule has 3 rings (SSSR count). The van der Waals surface area contributed by atoms with Crippen LogP contribution in [0.3, 0.4) is 0 Å². The van der Waals surface area contributed by atoms with Gasteiger partial charge in [0, 0.05) is 12.1 Å². The Bertz CT molecular complexity index is 937. The standard InChI is InChI=1S/C21H25N5O3/c1-4-28-18-10-8-16(9-11-18)13-22-21(27)17-6-5-7-19(12-17)29-14-20-23-24-25-26(20)15(2)3/h5-12,15H,4,13-14H2,1-3H3,(H,22,27). The summed E-state index contributed by atoms with van der Waals surface area (Å²) in [6.07, 6.45) is 0. The van der Waals surface area contributed by atoms with Gasteiger partial charge in [-0.25, -0.2) is 4.68 Å². The maximum Gasteiger partial charge on any atom is 0.251 e. The zero-order valence-electron chi connectivity index (χ0n) is 16.8. The van der Waals surface area contributed by atoms with Crippen LogP contribution >= 0.6 is 0 Å². The molecule has 3 aromatic rings. The predicted molar refractivity (Wildman–Crippen MR) is 108 cm³/mol. The topological polar surface area (TPSA) is 91.2 Å². The highest BCUT2D eigenvalue weighted by Gasteiger charge is 2.11. The number of nitrogens with zero attached hydrogens (tertiary/aromatic N) is 4. The van der Waals surface area contributed by atoms with Gasteiger partial charge in [0.25, 0.3) is 5.91 Å². The van der Waals surface area contributed by atoms with Crippen molar-refractivity contribution in [1.29, 1.82) is 0 Å². The summed E-state index contributed by atoms with van der Waals surface area (Å²) in [7, 11) is 0. The third-order valence-corrected chi connectivity index (χ3v) is 4.20. The van der Waals surface area contributed by atoms with Crippen LogP contribution in [0.4, 0.5) is 0 Å². The Morgan fingerprint density at radius 3 is 2.62 bits per heavy atom. The number of carbonyl (C=O) groups excluding carboxylic acids is 1. The monoisotopic (exact) mass is 395 g/mol. The van der Waals surface area contributed by atoms with Crippen molar-refractivity contribution in [2.24, 2.45) is 0 Å². The second-order valence-electron chi connectivity index (χ2n) is 6.71. The minimum Gasteiger partial charge on any atom is -0.494 e. The van der Waals surface area contributed by atoms with Crippen LogP contribution in [0, 0.1) is 0 Å². The maximum absolute atomic E-state index is 12.5. The number of tetrazole rings is 1. The van der Waals surface area contributed by atoms with E-state index in [2.05, 4.69) is 20.8 Å². The fourth-order valence-electron chi connectivity index (χ4n) is 2.74. The highest BCUT2D eigenvalue weighted by atomic mass is 16.5. The average Bonchev–Trinajstić information content (AvgIpc) is 3.21. The second kappa shape index (κ2) is 9.68. The molecule has 0 bridgehead atoms. The second-order valence-corrected chi connectivity index (χ2v) is 6.71. The Hall–Kier alpha value is -3.42. The van der Waals surface area contributed by atoms with Gasteiger partial charge in [0.2, 0.25) is 0 Å². The number of hydrogen-bond donors (Lipinski definition) is 1. The summed E-state index contributed by atoms with van der Waals surface area (Å²) in [5.74, 6) is 1.86. The van der Waals surface area contributed by atoms with Gasteiger partial charge < -0.3 is 14.8 Å². The predicted octanol–water partition coefficient (Wildman–Crippen LogP) is 3.16. The van der Waals surface area contributed by atoms with Crippen molar-refractivity contribution in [2.75, 3.05) is 6.61 Å². The highest BCUT2D eigenvalue weighted by Crippen LogP contribution is 2.16. The number of amides is 1. The van der Waals surface area contributed by atoms with Crippen molar-refractivity contribution in [3.05, 3.63) is 65.5 Å². The number of aromatic nitrogens is 4. The molecule has 8 nitrogen and oxygen atoms in total. The molecule has 0 saturated carbocycles. The van der Waals surface area contributed by atoms with Crippen molar-refractivity contribution in [2.45, 2.75) is 40.0 Å². The van der Waals surface area contributed by atoms with Crippen molar-refractivity contribution < 1.29 is 14.3 Å².